The highest BCUT2D eigenvalue weighted by Gasteiger charge is 2.44. The van der Waals surface area contributed by atoms with Crippen molar-refractivity contribution in [3.63, 3.8) is 0 Å². The summed E-state index contributed by atoms with van der Waals surface area (Å²) in [4.78, 5) is 0. The molecule has 0 spiro atoms. The van der Waals surface area contributed by atoms with E-state index >= 15 is 0 Å². The molecule has 0 fully saturated rings. The van der Waals surface area contributed by atoms with E-state index in [2.05, 4.69) is 41.5 Å². The molecule has 6 heteroatoms. The van der Waals surface area contributed by atoms with Gasteiger partial charge in [0.05, 0.1) is 0 Å². The van der Waals surface area contributed by atoms with Crippen LogP contribution in [0.4, 0.5) is 0 Å². The number of hydrogen-bond donors (Lipinski definition) is 0. The van der Waals surface area contributed by atoms with E-state index in [4.69, 9.17) is 37.7 Å². The highest BCUT2D eigenvalue weighted by molar-refractivity contribution is 7.64. The van der Waals surface area contributed by atoms with Crippen LogP contribution in [0, 0.1) is 0 Å². The van der Waals surface area contributed by atoms with Crippen molar-refractivity contribution >= 4 is 47.6 Å². The van der Waals surface area contributed by atoms with Gasteiger partial charge in [-0.2, -0.15) is 0 Å². The molecular weight excluding hydrogens is 383 g/mol. The molecule has 0 aromatic rings. The minimum atomic E-state index is -2.39. The molecule has 0 atom stereocenters. The Morgan fingerprint density at radius 3 is 1.43 bits per heavy atom. The Labute approximate surface area is 161 Å². The highest BCUT2D eigenvalue weighted by Crippen LogP contribution is 2.42. The standard InChI is InChI=1S/C17H37Cl3OSi2/c1-15(2)23(16(3)4,17(5)6)21-13-11-9-7-8-10-12-14-22(18,19)20/h15-17H,7-14H2,1-6H3. The van der Waals surface area contributed by atoms with E-state index < -0.39 is 14.3 Å². The first-order chi connectivity index (χ1) is 10.5. The van der Waals surface area contributed by atoms with Crippen LogP contribution in [-0.4, -0.2) is 20.9 Å². The summed E-state index contributed by atoms with van der Waals surface area (Å²) >= 11 is 17.7. The summed E-state index contributed by atoms with van der Waals surface area (Å²) < 4.78 is 6.58. The third-order valence-electron chi connectivity index (χ3n) is 4.91. The van der Waals surface area contributed by atoms with Crippen LogP contribution in [0.5, 0.6) is 0 Å². The van der Waals surface area contributed by atoms with Crippen molar-refractivity contribution in [1.82, 2.24) is 0 Å². The molecular formula is C17H37Cl3OSi2. The van der Waals surface area contributed by atoms with Crippen LogP contribution in [0.1, 0.15) is 80.1 Å². The van der Waals surface area contributed by atoms with Gasteiger partial charge in [-0.25, -0.2) is 0 Å². The molecule has 0 unspecified atom stereocenters. The van der Waals surface area contributed by atoms with Crippen molar-refractivity contribution < 1.29 is 4.43 Å². The van der Waals surface area contributed by atoms with E-state index in [1.165, 1.54) is 32.1 Å². The average molecular weight is 420 g/mol. The Kier molecular flexibility index (Phi) is 12.4. The smallest absolute Gasteiger partial charge is 0.341 e. The van der Waals surface area contributed by atoms with Gasteiger partial charge in [-0.15, -0.1) is 33.2 Å². The summed E-state index contributed by atoms with van der Waals surface area (Å²) in [6.45, 7) is 15.0. The highest BCUT2D eigenvalue weighted by atomic mass is 35.8. The van der Waals surface area contributed by atoms with E-state index in [-0.39, 0.29) is 0 Å². The van der Waals surface area contributed by atoms with Crippen LogP contribution in [0.25, 0.3) is 0 Å². The summed E-state index contributed by atoms with van der Waals surface area (Å²) in [5, 5.41) is 0. The van der Waals surface area contributed by atoms with Gasteiger partial charge < -0.3 is 4.43 Å². The molecule has 0 amide bonds. The summed E-state index contributed by atoms with van der Waals surface area (Å²) in [5.41, 5.74) is 2.02. The Balaban J connectivity index is 3.92. The molecule has 0 aliphatic rings. The zero-order valence-corrected chi connectivity index (χ0v) is 20.2. The lowest BCUT2D eigenvalue weighted by molar-refractivity contribution is 0.267. The summed E-state index contributed by atoms with van der Waals surface area (Å²) in [5.74, 6) is 0. The van der Waals surface area contributed by atoms with Crippen LogP contribution in [-0.2, 0) is 4.43 Å². The van der Waals surface area contributed by atoms with E-state index in [1.54, 1.807) is 0 Å². The van der Waals surface area contributed by atoms with Gasteiger partial charge in [-0.1, -0.05) is 73.6 Å². The van der Waals surface area contributed by atoms with Gasteiger partial charge in [0.15, 0.2) is 8.32 Å². The third kappa shape index (κ3) is 9.51. The molecule has 0 aromatic carbocycles. The maximum atomic E-state index is 6.58. The molecule has 0 heterocycles. The van der Waals surface area contributed by atoms with Crippen molar-refractivity contribution in [1.29, 1.82) is 0 Å². The van der Waals surface area contributed by atoms with Crippen molar-refractivity contribution in [3.8, 4) is 0 Å². The van der Waals surface area contributed by atoms with Gasteiger partial charge in [0.1, 0.15) is 0 Å². The molecule has 0 aliphatic heterocycles. The molecule has 0 aromatic heterocycles. The number of halogens is 3. The Morgan fingerprint density at radius 2 is 1.04 bits per heavy atom. The number of unbranched alkanes of at least 4 members (excludes halogenated alkanes) is 5. The van der Waals surface area contributed by atoms with Gasteiger partial charge in [-0.3, -0.25) is 0 Å². The van der Waals surface area contributed by atoms with Crippen LogP contribution in [0.15, 0.2) is 0 Å². The minimum Gasteiger partial charge on any atom is -0.416 e. The zero-order chi connectivity index (χ0) is 18.1. The maximum Gasteiger partial charge on any atom is 0.341 e. The van der Waals surface area contributed by atoms with Gasteiger partial charge in [0.2, 0.25) is 0 Å². The van der Waals surface area contributed by atoms with E-state index in [0.717, 1.165) is 19.1 Å². The molecule has 0 saturated heterocycles. The molecule has 0 aliphatic carbocycles. The van der Waals surface area contributed by atoms with E-state index in [0.29, 0.717) is 16.6 Å². The van der Waals surface area contributed by atoms with Gasteiger partial charge in [0.25, 0.3) is 0 Å². The first-order valence-electron chi connectivity index (χ1n) is 9.24. The van der Waals surface area contributed by atoms with Crippen LogP contribution >= 0.6 is 33.2 Å². The monoisotopic (exact) mass is 418 g/mol. The van der Waals surface area contributed by atoms with Gasteiger partial charge in [0, 0.05) is 6.61 Å². The first-order valence-corrected chi connectivity index (χ1v) is 16.6. The van der Waals surface area contributed by atoms with Crippen LogP contribution < -0.4 is 0 Å². The molecule has 0 saturated carbocycles. The summed E-state index contributed by atoms with van der Waals surface area (Å²) in [7, 11) is -1.67. The fourth-order valence-corrected chi connectivity index (χ4v) is 11.2. The largest absolute Gasteiger partial charge is 0.416 e. The van der Waals surface area contributed by atoms with Crippen LogP contribution in [0.2, 0.25) is 22.7 Å². The van der Waals surface area contributed by atoms with E-state index in [1.807, 2.05) is 0 Å². The number of hydrogen-bond acceptors (Lipinski definition) is 1. The van der Waals surface area contributed by atoms with Gasteiger partial charge >= 0.3 is 6.00 Å². The molecule has 0 N–H and O–H groups in total. The third-order valence-corrected chi connectivity index (χ3v) is 13.7. The molecule has 23 heavy (non-hydrogen) atoms. The van der Waals surface area contributed by atoms with Crippen molar-refractivity contribution in [3.05, 3.63) is 0 Å². The number of rotatable bonds is 13. The van der Waals surface area contributed by atoms with Crippen molar-refractivity contribution in [2.24, 2.45) is 0 Å². The maximum absolute atomic E-state index is 6.58. The predicted molar refractivity (Wildman–Crippen MR) is 113 cm³/mol. The SMILES string of the molecule is CC(C)[Si](OCCCCCCCC[Si](Cl)(Cl)Cl)(C(C)C)C(C)C. The fraction of sp³-hybridized carbons (Fsp3) is 1.00. The topological polar surface area (TPSA) is 9.23 Å². The summed E-state index contributed by atoms with van der Waals surface area (Å²) in [6, 6.07) is -1.59. The molecule has 0 radical (unpaired) electrons. The fourth-order valence-electron chi connectivity index (χ4n) is 3.88. The van der Waals surface area contributed by atoms with E-state index in [9.17, 15) is 0 Å². The minimum absolute atomic E-state index is 0.675. The lowest BCUT2D eigenvalue weighted by Crippen LogP contribution is -2.47. The quantitative estimate of drug-likeness (QED) is 0.166. The molecule has 0 bridgehead atoms. The second-order valence-electron chi connectivity index (χ2n) is 7.65. The zero-order valence-electron chi connectivity index (χ0n) is 15.9. The average Bonchev–Trinajstić information content (AvgIpc) is 2.38. The van der Waals surface area contributed by atoms with Crippen LogP contribution in [0.3, 0.4) is 0 Å². The Bertz CT molecular complexity index is 283. The van der Waals surface area contributed by atoms with Crippen molar-refractivity contribution in [2.45, 2.75) is 103 Å². The lowest BCUT2D eigenvalue weighted by atomic mass is 10.1. The predicted octanol–water partition coefficient (Wildman–Crippen LogP) is 8.17. The second-order valence-corrected chi connectivity index (χ2v) is 22.4. The molecule has 0 rings (SSSR count). The molecule has 140 valence electrons. The Morgan fingerprint density at radius 1 is 0.652 bits per heavy atom. The van der Waals surface area contributed by atoms with Crippen molar-refractivity contribution in [2.75, 3.05) is 6.61 Å². The first kappa shape index (κ1) is 24.3. The lowest BCUT2D eigenvalue weighted by Gasteiger charge is -2.42. The van der Waals surface area contributed by atoms with Gasteiger partial charge in [-0.05, 0) is 29.1 Å². The molecule has 1 nitrogen and oxygen atoms in total. The Hall–Kier alpha value is 1.26. The second kappa shape index (κ2) is 11.8. The summed E-state index contributed by atoms with van der Waals surface area (Å²) in [6.07, 6.45) is 7.19. The normalized spacial score (nSPS) is 13.6.